The van der Waals surface area contributed by atoms with Crippen molar-refractivity contribution in [3.8, 4) is 11.1 Å². The average molecular weight is 891 g/mol. The molecule has 0 unspecified atom stereocenters. The highest BCUT2D eigenvalue weighted by Crippen LogP contribution is 2.47. The van der Waals surface area contributed by atoms with Crippen LogP contribution in [0, 0.1) is 0 Å². The fraction of sp³-hybridized carbons (Fsp3) is 0. The average Bonchev–Trinajstić information content (AvgIpc) is 4.05. The fourth-order valence-corrected chi connectivity index (χ4v) is 12.5. The molecule has 11 aromatic carbocycles. The van der Waals surface area contributed by atoms with Gasteiger partial charge in [0.25, 0.3) is 0 Å². The van der Waals surface area contributed by atoms with Crippen LogP contribution < -0.4 is 9.80 Å². The van der Waals surface area contributed by atoms with Gasteiger partial charge in [-0.05, 0) is 142 Å². The number of benzene rings is 11. The molecule has 3 aromatic heterocycles. The van der Waals surface area contributed by atoms with Crippen molar-refractivity contribution in [3.05, 3.63) is 231 Å². The van der Waals surface area contributed by atoms with Crippen molar-refractivity contribution in [2.75, 3.05) is 9.80 Å². The Morgan fingerprint density at radius 1 is 0.254 bits per heavy atom. The van der Waals surface area contributed by atoms with Crippen LogP contribution in [-0.2, 0) is 0 Å². The van der Waals surface area contributed by atoms with E-state index in [4.69, 9.17) is 4.42 Å². The molecule has 0 radical (unpaired) electrons. The molecule has 0 aliphatic carbocycles. The van der Waals surface area contributed by atoms with Crippen LogP contribution in [0.4, 0.5) is 34.1 Å². The predicted octanol–water partition coefficient (Wildman–Crippen LogP) is 19.2. The van der Waals surface area contributed by atoms with E-state index < -0.39 is 0 Å². The molecule has 0 aliphatic heterocycles. The molecule has 0 spiro atoms. The lowest BCUT2D eigenvalue weighted by atomic mass is 10.00. The third-order valence-corrected chi connectivity index (χ3v) is 15.6. The molecule has 67 heavy (non-hydrogen) atoms. The van der Waals surface area contributed by atoms with Crippen LogP contribution in [-0.4, -0.2) is 0 Å². The van der Waals surface area contributed by atoms with E-state index in [2.05, 4.69) is 234 Å². The van der Waals surface area contributed by atoms with Crippen molar-refractivity contribution < 1.29 is 4.42 Å². The Balaban J connectivity index is 0.998. The molecule has 3 heterocycles. The smallest absolute Gasteiger partial charge is 0.136 e. The van der Waals surface area contributed by atoms with Gasteiger partial charge in [0.15, 0.2) is 0 Å². The number of anilines is 6. The van der Waals surface area contributed by atoms with Crippen LogP contribution in [0.3, 0.4) is 0 Å². The van der Waals surface area contributed by atoms with E-state index in [1.807, 2.05) is 28.7 Å². The minimum Gasteiger partial charge on any atom is -0.456 e. The van der Waals surface area contributed by atoms with E-state index in [1.165, 1.54) is 61.9 Å². The summed E-state index contributed by atoms with van der Waals surface area (Å²) in [6.07, 6.45) is 0. The monoisotopic (exact) mass is 890 g/mol. The molecule has 14 aromatic rings. The second kappa shape index (κ2) is 15.2. The molecule has 0 amide bonds. The van der Waals surface area contributed by atoms with Crippen LogP contribution in [0.15, 0.2) is 235 Å². The number of furan rings is 1. The Bertz CT molecular complexity index is 4030. The first-order valence-electron chi connectivity index (χ1n) is 22.6. The highest BCUT2D eigenvalue weighted by atomic mass is 32.1. The number of thiophene rings is 2. The standard InChI is InChI=1S/C62H38N2OS2/c1-3-17-45(18-4-1)63(47-24-27-53-55-31-39-13-7-9-15-41(39)34-59(55)66-61(53)37-47)49-29-44(43-23-26-52-51-21-11-12-22-57(51)65-58(52)33-43)30-50(36-49)64(46-19-5-2-6-20-46)48-25-28-54-56-32-40-14-8-10-16-42(40)35-60(56)67-62(54)38-48/h1-38H. The Hall–Kier alpha value is -8.22. The Morgan fingerprint density at radius 3 is 1.25 bits per heavy atom. The second-order valence-electron chi connectivity index (χ2n) is 17.3. The van der Waals surface area contributed by atoms with Gasteiger partial charge < -0.3 is 14.2 Å². The van der Waals surface area contributed by atoms with E-state index in [0.717, 1.165) is 67.2 Å². The van der Waals surface area contributed by atoms with Crippen LogP contribution in [0.25, 0.3) is 95.0 Å². The molecule has 3 nitrogen and oxygen atoms in total. The third kappa shape index (κ3) is 6.39. The third-order valence-electron chi connectivity index (χ3n) is 13.3. The van der Waals surface area contributed by atoms with Crippen molar-refractivity contribution in [3.63, 3.8) is 0 Å². The lowest BCUT2D eigenvalue weighted by Crippen LogP contribution is -2.13. The van der Waals surface area contributed by atoms with Crippen LogP contribution in [0.2, 0.25) is 0 Å². The molecule has 314 valence electrons. The van der Waals surface area contributed by atoms with Gasteiger partial charge in [0.1, 0.15) is 11.2 Å². The molecule has 0 bridgehead atoms. The van der Waals surface area contributed by atoms with Gasteiger partial charge in [0.05, 0.1) is 0 Å². The number of para-hydroxylation sites is 3. The number of rotatable bonds is 7. The molecular formula is C62H38N2OS2. The maximum atomic E-state index is 6.51. The SMILES string of the molecule is c1ccc(N(c2cc(-c3ccc4c(c3)oc3ccccc34)cc(N(c3ccccc3)c3ccc4c(c3)sc3cc5ccccc5cc34)c2)c2ccc3c(c2)sc2cc4ccccc4cc23)cc1. The van der Waals surface area contributed by atoms with Crippen molar-refractivity contribution in [1.29, 1.82) is 0 Å². The zero-order chi connectivity index (χ0) is 44.0. The molecule has 14 rings (SSSR count). The van der Waals surface area contributed by atoms with E-state index in [9.17, 15) is 0 Å². The zero-order valence-corrected chi connectivity index (χ0v) is 37.7. The van der Waals surface area contributed by atoms with E-state index >= 15 is 0 Å². The maximum absolute atomic E-state index is 6.51. The highest BCUT2D eigenvalue weighted by Gasteiger charge is 2.22. The molecular weight excluding hydrogens is 853 g/mol. The molecule has 0 atom stereocenters. The summed E-state index contributed by atoms with van der Waals surface area (Å²) in [4.78, 5) is 4.83. The second-order valence-corrected chi connectivity index (χ2v) is 19.5. The number of nitrogens with zero attached hydrogens (tertiary/aromatic N) is 2. The predicted molar refractivity (Wildman–Crippen MR) is 289 cm³/mol. The molecule has 0 saturated heterocycles. The summed E-state index contributed by atoms with van der Waals surface area (Å²) < 4.78 is 11.6. The van der Waals surface area contributed by atoms with E-state index in [-0.39, 0.29) is 0 Å². The van der Waals surface area contributed by atoms with Crippen LogP contribution in [0.1, 0.15) is 0 Å². The maximum Gasteiger partial charge on any atom is 0.136 e. The van der Waals surface area contributed by atoms with Crippen molar-refractivity contribution in [2.45, 2.75) is 0 Å². The molecule has 0 N–H and O–H groups in total. The number of hydrogen-bond acceptors (Lipinski definition) is 5. The van der Waals surface area contributed by atoms with Crippen LogP contribution >= 0.6 is 22.7 Å². The normalized spacial score (nSPS) is 11.9. The van der Waals surface area contributed by atoms with E-state index in [1.54, 1.807) is 0 Å². The van der Waals surface area contributed by atoms with Gasteiger partial charge >= 0.3 is 0 Å². The zero-order valence-electron chi connectivity index (χ0n) is 36.1. The summed E-state index contributed by atoms with van der Waals surface area (Å²) in [5, 5.41) is 12.4. The highest BCUT2D eigenvalue weighted by molar-refractivity contribution is 7.26. The topological polar surface area (TPSA) is 19.6 Å². The van der Waals surface area contributed by atoms with Gasteiger partial charge in [-0.25, -0.2) is 0 Å². The van der Waals surface area contributed by atoms with E-state index in [0.29, 0.717) is 0 Å². The molecule has 5 heteroatoms. The van der Waals surface area contributed by atoms with Gasteiger partial charge in [-0.15, -0.1) is 22.7 Å². The van der Waals surface area contributed by atoms with Gasteiger partial charge in [-0.1, -0.05) is 121 Å². The van der Waals surface area contributed by atoms with Crippen molar-refractivity contribution >= 4 is 141 Å². The summed E-state index contributed by atoms with van der Waals surface area (Å²) in [7, 11) is 0. The lowest BCUT2D eigenvalue weighted by Gasteiger charge is -2.30. The first-order chi connectivity index (χ1) is 33.1. The summed E-state index contributed by atoms with van der Waals surface area (Å²) in [6, 6.07) is 84.2. The largest absolute Gasteiger partial charge is 0.456 e. The lowest BCUT2D eigenvalue weighted by molar-refractivity contribution is 0.669. The molecule has 0 aliphatic rings. The number of fused-ring (bicyclic) bond motifs is 11. The minimum absolute atomic E-state index is 0.872. The minimum atomic E-state index is 0.872. The summed E-state index contributed by atoms with van der Waals surface area (Å²) in [6.45, 7) is 0. The first kappa shape index (κ1) is 38.1. The molecule has 0 saturated carbocycles. The number of hydrogen-bond donors (Lipinski definition) is 0. The van der Waals surface area contributed by atoms with Gasteiger partial charge in [-0.3, -0.25) is 0 Å². The Kier molecular flexibility index (Phi) is 8.63. The van der Waals surface area contributed by atoms with Crippen molar-refractivity contribution in [2.24, 2.45) is 0 Å². The van der Waals surface area contributed by atoms with Gasteiger partial charge in [-0.2, -0.15) is 0 Å². The quantitative estimate of drug-likeness (QED) is 0.159. The first-order valence-corrected chi connectivity index (χ1v) is 24.3. The molecule has 0 fully saturated rings. The summed E-state index contributed by atoms with van der Waals surface area (Å²) in [5.41, 5.74) is 10.4. The Morgan fingerprint density at radius 2 is 0.701 bits per heavy atom. The summed E-state index contributed by atoms with van der Waals surface area (Å²) in [5.74, 6) is 0. The van der Waals surface area contributed by atoms with Gasteiger partial charge in [0, 0.05) is 85.2 Å². The van der Waals surface area contributed by atoms with Crippen molar-refractivity contribution in [1.82, 2.24) is 0 Å². The van der Waals surface area contributed by atoms with Gasteiger partial charge in [0.2, 0.25) is 0 Å². The van der Waals surface area contributed by atoms with Crippen LogP contribution in [0.5, 0.6) is 0 Å². The Labute approximate surface area is 394 Å². The fourth-order valence-electron chi connectivity index (χ4n) is 10.2. The summed E-state index contributed by atoms with van der Waals surface area (Å²) >= 11 is 3.72.